The van der Waals surface area contributed by atoms with Crippen LogP contribution in [0.5, 0.6) is 0 Å². The molecule has 1 aliphatic rings. The molecule has 6 heteroatoms. The van der Waals surface area contributed by atoms with Crippen LogP contribution in [0.25, 0.3) is 0 Å². The SMILES string of the molecule is CC1CCCC(NS(=O)(=O)c2ccc(C#N)cc2Cl)C1C. The summed E-state index contributed by atoms with van der Waals surface area (Å²) in [5.74, 6) is 0.800. The fourth-order valence-electron chi connectivity index (χ4n) is 2.80. The van der Waals surface area contributed by atoms with Crippen LogP contribution in [0.4, 0.5) is 0 Å². The standard InChI is InChI=1S/C15H19ClN2O2S/c1-10-4-3-5-14(11(10)2)18-21(19,20)15-7-6-12(9-17)8-13(15)16/h6-8,10-11,14,18H,3-5H2,1-2H3. The summed E-state index contributed by atoms with van der Waals surface area (Å²) < 4.78 is 27.8. The number of rotatable bonds is 3. The maximum atomic E-state index is 12.5. The molecule has 1 aromatic rings. The molecule has 0 spiro atoms. The van der Waals surface area contributed by atoms with Gasteiger partial charge in [0, 0.05) is 6.04 Å². The molecule has 1 saturated carbocycles. The van der Waals surface area contributed by atoms with Crippen molar-refractivity contribution in [1.29, 1.82) is 5.26 Å². The van der Waals surface area contributed by atoms with Gasteiger partial charge in [0.1, 0.15) is 4.90 Å². The van der Waals surface area contributed by atoms with Crippen molar-refractivity contribution in [3.05, 3.63) is 28.8 Å². The number of sulfonamides is 1. The molecule has 3 unspecified atom stereocenters. The number of halogens is 1. The van der Waals surface area contributed by atoms with Crippen molar-refractivity contribution in [2.75, 3.05) is 0 Å². The molecule has 0 bridgehead atoms. The van der Waals surface area contributed by atoms with E-state index in [1.165, 1.54) is 18.2 Å². The van der Waals surface area contributed by atoms with Crippen molar-refractivity contribution in [2.24, 2.45) is 11.8 Å². The Kier molecular flexibility index (Phi) is 4.92. The summed E-state index contributed by atoms with van der Waals surface area (Å²) in [4.78, 5) is 0.0357. The quantitative estimate of drug-likeness (QED) is 0.926. The van der Waals surface area contributed by atoms with Gasteiger partial charge < -0.3 is 0 Å². The summed E-state index contributed by atoms with van der Waals surface area (Å²) in [6.45, 7) is 4.23. The molecule has 2 rings (SSSR count). The van der Waals surface area contributed by atoms with Crippen LogP contribution in [-0.2, 0) is 10.0 Å². The van der Waals surface area contributed by atoms with E-state index >= 15 is 0 Å². The van der Waals surface area contributed by atoms with Crippen LogP contribution < -0.4 is 4.72 Å². The minimum atomic E-state index is -3.66. The Hall–Kier alpha value is -1.09. The fraction of sp³-hybridized carbons (Fsp3) is 0.533. The lowest BCUT2D eigenvalue weighted by atomic mass is 9.78. The minimum absolute atomic E-state index is 0.0357. The van der Waals surface area contributed by atoms with Crippen LogP contribution >= 0.6 is 11.6 Å². The zero-order valence-electron chi connectivity index (χ0n) is 12.1. The first-order valence-electron chi connectivity index (χ1n) is 7.07. The number of nitrogens with one attached hydrogen (secondary N) is 1. The lowest BCUT2D eigenvalue weighted by Gasteiger charge is -2.34. The predicted molar refractivity (Wildman–Crippen MR) is 82.5 cm³/mol. The minimum Gasteiger partial charge on any atom is -0.208 e. The third-order valence-corrected chi connectivity index (χ3v) is 6.34. The molecule has 21 heavy (non-hydrogen) atoms. The average molecular weight is 327 g/mol. The van der Waals surface area contributed by atoms with Gasteiger partial charge in [0.25, 0.3) is 0 Å². The van der Waals surface area contributed by atoms with Crippen molar-refractivity contribution >= 4 is 21.6 Å². The van der Waals surface area contributed by atoms with Gasteiger partial charge in [-0.05, 0) is 36.5 Å². The van der Waals surface area contributed by atoms with E-state index in [1.54, 1.807) is 0 Å². The third kappa shape index (κ3) is 3.57. The third-order valence-electron chi connectivity index (χ3n) is 4.36. The molecule has 0 heterocycles. The zero-order chi connectivity index (χ0) is 15.6. The zero-order valence-corrected chi connectivity index (χ0v) is 13.7. The Labute approximate surface area is 131 Å². The number of nitrogens with zero attached hydrogens (tertiary/aromatic N) is 1. The maximum absolute atomic E-state index is 12.5. The summed E-state index contributed by atoms with van der Waals surface area (Å²) in [6, 6.07) is 6.11. The van der Waals surface area contributed by atoms with Crippen molar-refractivity contribution in [2.45, 2.75) is 44.0 Å². The van der Waals surface area contributed by atoms with E-state index in [4.69, 9.17) is 16.9 Å². The lowest BCUT2D eigenvalue weighted by Crippen LogP contribution is -2.43. The average Bonchev–Trinajstić information content (AvgIpc) is 2.43. The number of hydrogen-bond acceptors (Lipinski definition) is 3. The Morgan fingerprint density at radius 1 is 1.33 bits per heavy atom. The maximum Gasteiger partial charge on any atom is 0.242 e. The monoisotopic (exact) mass is 326 g/mol. The first kappa shape index (κ1) is 16.3. The van der Waals surface area contributed by atoms with Crippen LogP contribution in [0.15, 0.2) is 23.1 Å². The van der Waals surface area contributed by atoms with E-state index in [0.29, 0.717) is 17.4 Å². The molecular weight excluding hydrogens is 308 g/mol. The van der Waals surface area contributed by atoms with Gasteiger partial charge >= 0.3 is 0 Å². The van der Waals surface area contributed by atoms with Crippen molar-refractivity contribution < 1.29 is 8.42 Å². The molecule has 0 aromatic heterocycles. The van der Waals surface area contributed by atoms with Gasteiger partial charge in [-0.15, -0.1) is 0 Å². The molecule has 1 aliphatic carbocycles. The van der Waals surface area contributed by atoms with Crippen LogP contribution in [-0.4, -0.2) is 14.5 Å². The van der Waals surface area contributed by atoms with Gasteiger partial charge in [-0.1, -0.05) is 38.3 Å². The second-order valence-electron chi connectivity index (χ2n) is 5.75. The molecule has 0 saturated heterocycles. The largest absolute Gasteiger partial charge is 0.242 e. The second-order valence-corrected chi connectivity index (χ2v) is 7.84. The molecule has 3 atom stereocenters. The van der Waals surface area contributed by atoms with Gasteiger partial charge in [-0.3, -0.25) is 0 Å². The number of benzene rings is 1. The highest BCUT2D eigenvalue weighted by molar-refractivity contribution is 7.89. The predicted octanol–water partition coefficient (Wildman–Crippen LogP) is 3.31. The molecule has 1 fully saturated rings. The summed E-state index contributed by atoms with van der Waals surface area (Å²) in [5.41, 5.74) is 0.346. The number of hydrogen-bond donors (Lipinski definition) is 1. The summed E-state index contributed by atoms with van der Waals surface area (Å²) in [5, 5.41) is 8.89. The smallest absolute Gasteiger partial charge is 0.208 e. The van der Waals surface area contributed by atoms with Gasteiger partial charge in [0.05, 0.1) is 16.7 Å². The van der Waals surface area contributed by atoms with Crippen LogP contribution in [0.3, 0.4) is 0 Å². The molecular formula is C15H19ClN2O2S. The summed E-state index contributed by atoms with van der Waals surface area (Å²) in [6.07, 6.45) is 3.01. The summed E-state index contributed by atoms with van der Waals surface area (Å²) >= 11 is 6.01. The fourth-order valence-corrected chi connectivity index (χ4v) is 4.71. The Morgan fingerprint density at radius 3 is 2.67 bits per heavy atom. The highest BCUT2D eigenvalue weighted by Crippen LogP contribution is 2.31. The highest BCUT2D eigenvalue weighted by Gasteiger charge is 2.31. The second kappa shape index (κ2) is 6.35. The Bertz CT molecular complexity index is 667. The van der Waals surface area contributed by atoms with Crippen LogP contribution in [0.2, 0.25) is 5.02 Å². The van der Waals surface area contributed by atoms with Crippen LogP contribution in [0, 0.1) is 23.2 Å². The molecule has 114 valence electrons. The van der Waals surface area contributed by atoms with Crippen molar-refractivity contribution in [1.82, 2.24) is 4.72 Å². The van der Waals surface area contributed by atoms with E-state index in [1.807, 2.05) is 6.07 Å². The van der Waals surface area contributed by atoms with Gasteiger partial charge in [-0.2, -0.15) is 5.26 Å². The normalized spacial score (nSPS) is 26.3. The molecule has 1 N–H and O–H groups in total. The van der Waals surface area contributed by atoms with Crippen LogP contribution in [0.1, 0.15) is 38.7 Å². The molecule has 4 nitrogen and oxygen atoms in total. The van der Waals surface area contributed by atoms with E-state index in [-0.39, 0.29) is 16.0 Å². The van der Waals surface area contributed by atoms with E-state index in [9.17, 15) is 8.42 Å². The van der Waals surface area contributed by atoms with Gasteiger partial charge in [0.2, 0.25) is 10.0 Å². The molecule has 0 amide bonds. The van der Waals surface area contributed by atoms with E-state index in [0.717, 1.165) is 19.3 Å². The first-order chi connectivity index (χ1) is 9.85. The van der Waals surface area contributed by atoms with Gasteiger partial charge in [0.15, 0.2) is 0 Å². The lowest BCUT2D eigenvalue weighted by molar-refractivity contribution is 0.227. The van der Waals surface area contributed by atoms with Gasteiger partial charge in [-0.25, -0.2) is 13.1 Å². The molecule has 0 radical (unpaired) electrons. The topological polar surface area (TPSA) is 70.0 Å². The van der Waals surface area contributed by atoms with E-state index < -0.39 is 10.0 Å². The summed E-state index contributed by atoms with van der Waals surface area (Å²) in [7, 11) is -3.66. The first-order valence-corrected chi connectivity index (χ1v) is 8.93. The Balaban J connectivity index is 2.25. The van der Waals surface area contributed by atoms with Crippen molar-refractivity contribution in [3.8, 4) is 6.07 Å². The highest BCUT2D eigenvalue weighted by atomic mass is 35.5. The van der Waals surface area contributed by atoms with Crippen molar-refractivity contribution in [3.63, 3.8) is 0 Å². The Morgan fingerprint density at radius 2 is 2.05 bits per heavy atom. The molecule has 0 aliphatic heterocycles. The van der Waals surface area contributed by atoms with E-state index in [2.05, 4.69) is 18.6 Å². The number of nitriles is 1. The molecule has 1 aromatic carbocycles.